The van der Waals surface area contributed by atoms with E-state index >= 15 is 0 Å². The van der Waals surface area contributed by atoms with E-state index in [9.17, 15) is 0 Å². The Morgan fingerprint density at radius 1 is 0.952 bits per heavy atom. The van der Waals surface area contributed by atoms with Crippen LogP contribution in [0.1, 0.15) is 24.6 Å². The number of aromatic nitrogens is 2. The van der Waals surface area contributed by atoms with Crippen molar-refractivity contribution in [3.05, 3.63) is 59.0 Å². The molecule has 0 radical (unpaired) electrons. The van der Waals surface area contributed by atoms with E-state index in [1.165, 1.54) is 28.5 Å². The normalized spacial score (nSPS) is 14.5. The summed E-state index contributed by atoms with van der Waals surface area (Å²) in [7, 11) is 0. The molecule has 2 aromatic carbocycles. The van der Waals surface area contributed by atoms with Gasteiger partial charge in [0.05, 0.1) is 0 Å². The molecule has 1 heterocycles. The first kappa shape index (κ1) is 13.3. The monoisotopic (exact) mass is 356 g/mol. The van der Waals surface area contributed by atoms with E-state index in [1.54, 1.807) is 11.8 Å². The van der Waals surface area contributed by atoms with Crippen LogP contribution >= 0.6 is 27.7 Å². The predicted octanol–water partition coefficient (Wildman–Crippen LogP) is 5.42. The van der Waals surface area contributed by atoms with E-state index in [2.05, 4.69) is 63.4 Å². The zero-order chi connectivity index (χ0) is 14.2. The predicted molar refractivity (Wildman–Crippen MR) is 89.8 cm³/mol. The van der Waals surface area contributed by atoms with Crippen LogP contribution in [-0.4, -0.2) is 9.97 Å². The lowest BCUT2D eigenvalue weighted by Crippen LogP contribution is -1.94. The lowest BCUT2D eigenvalue weighted by Gasteiger charge is -2.05. The molecule has 0 bridgehead atoms. The first-order valence-corrected chi connectivity index (χ1v) is 8.60. The molecule has 0 atom stereocenters. The number of fused-ring (bicyclic) bond motifs is 1. The summed E-state index contributed by atoms with van der Waals surface area (Å²) in [4.78, 5) is 10.4. The van der Waals surface area contributed by atoms with Gasteiger partial charge in [-0.05, 0) is 51.7 Å². The van der Waals surface area contributed by atoms with Crippen molar-refractivity contribution < 1.29 is 0 Å². The molecule has 0 saturated heterocycles. The lowest BCUT2D eigenvalue weighted by atomic mass is 10.1. The van der Waals surface area contributed by atoms with Crippen molar-refractivity contribution in [3.8, 4) is 0 Å². The number of benzene rings is 2. The quantitative estimate of drug-likeness (QED) is 0.585. The summed E-state index contributed by atoms with van der Waals surface area (Å²) in [5, 5.41) is 3.54. The average molecular weight is 357 g/mol. The summed E-state index contributed by atoms with van der Waals surface area (Å²) in [6.45, 7) is 0. The summed E-state index contributed by atoms with van der Waals surface area (Å²) in [5.74, 6) is 1.55. The molecule has 21 heavy (non-hydrogen) atoms. The van der Waals surface area contributed by atoms with Crippen LogP contribution < -0.4 is 0 Å². The van der Waals surface area contributed by atoms with E-state index in [0.29, 0.717) is 5.92 Å². The molecule has 4 rings (SSSR count). The maximum absolute atomic E-state index is 4.69. The molecular weight excluding hydrogens is 344 g/mol. The van der Waals surface area contributed by atoms with Crippen LogP contribution in [-0.2, 0) is 0 Å². The second kappa shape index (κ2) is 5.43. The second-order valence-electron chi connectivity index (χ2n) is 5.27. The van der Waals surface area contributed by atoms with Gasteiger partial charge in [0.1, 0.15) is 15.5 Å². The van der Waals surface area contributed by atoms with Crippen LogP contribution in [0.5, 0.6) is 0 Å². The van der Waals surface area contributed by atoms with Crippen molar-refractivity contribution in [2.24, 2.45) is 0 Å². The highest BCUT2D eigenvalue weighted by Crippen LogP contribution is 2.39. The molecule has 2 nitrogen and oxygen atoms in total. The summed E-state index contributed by atoms with van der Waals surface area (Å²) in [6, 6.07) is 16.9. The van der Waals surface area contributed by atoms with Crippen LogP contribution in [0.2, 0.25) is 0 Å². The standard InChI is InChI=1S/C17H13BrN2S/c18-15-10-16(20-17(19-15)12-5-6-12)21-14-8-7-11-3-1-2-4-13(11)9-14/h1-4,7-10,12H,5-6H2. The minimum atomic E-state index is 0.568. The molecule has 1 fully saturated rings. The Labute approximate surface area is 136 Å². The van der Waals surface area contributed by atoms with Crippen molar-refractivity contribution in [2.45, 2.75) is 28.7 Å². The minimum Gasteiger partial charge on any atom is -0.226 e. The van der Waals surface area contributed by atoms with Crippen molar-refractivity contribution in [3.63, 3.8) is 0 Å². The van der Waals surface area contributed by atoms with E-state index < -0.39 is 0 Å². The maximum Gasteiger partial charge on any atom is 0.134 e. The van der Waals surface area contributed by atoms with E-state index in [0.717, 1.165) is 15.5 Å². The number of hydrogen-bond acceptors (Lipinski definition) is 3. The molecule has 1 saturated carbocycles. The molecule has 0 unspecified atom stereocenters. The fraction of sp³-hybridized carbons (Fsp3) is 0.176. The zero-order valence-corrected chi connectivity index (χ0v) is 13.7. The summed E-state index contributed by atoms with van der Waals surface area (Å²) < 4.78 is 0.877. The Kier molecular flexibility index (Phi) is 3.43. The van der Waals surface area contributed by atoms with E-state index in [1.807, 2.05) is 6.07 Å². The van der Waals surface area contributed by atoms with Crippen LogP contribution in [0, 0.1) is 0 Å². The Balaban J connectivity index is 1.67. The summed E-state index contributed by atoms with van der Waals surface area (Å²) in [5.41, 5.74) is 0. The van der Waals surface area contributed by atoms with Gasteiger partial charge in [-0.25, -0.2) is 9.97 Å². The highest BCUT2D eigenvalue weighted by molar-refractivity contribution is 9.10. The van der Waals surface area contributed by atoms with Gasteiger partial charge in [0.2, 0.25) is 0 Å². The molecule has 1 aliphatic carbocycles. The highest BCUT2D eigenvalue weighted by atomic mass is 79.9. The van der Waals surface area contributed by atoms with Gasteiger partial charge in [-0.1, -0.05) is 42.1 Å². The second-order valence-corrected chi connectivity index (χ2v) is 7.18. The third kappa shape index (κ3) is 2.97. The lowest BCUT2D eigenvalue weighted by molar-refractivity contribution is 0.866. The van der Waals surface area contributed by atoms with E-state index in [4.69, 9.17) is 4.98 Å². The SMILES string of the molecule is Brc1cc(Sc2ccc3ccccc3c2)nc(C2CC2)n1. The van der Waals surface area contributed by atoms with Crippen LogP contribution in [0.3, 0.4) is 0 Å². The molecule has 0 amide bonds. The molecule has 4 heteroatoms. The highest BCUT2D eigenvalue weighted by Gasteiger charge is 2.27. The van der Waals surface area contributed by atoms with Crippen molar-refractivity contribution in [1.82, 2.24) is 9.97 Å². The molecule has 3 aromatic rings. The number of hydrogen-bond donors (Lipinski definition) is 0. The Bertz CT molecular complexity index is 815. The van der Waals surface area contributed by atoms with Gasteiger partial charge in [0.25, 0.3) is 0 Å². The van der Waals surface area contributed by atoms with Crippen LogP contribution in [0.15, 0.2) is 63.1 Å². The van der Waals surface area contributed by atoms with Gasteiger partial charge >= 0.3 is 0 Å². The first-order chi connectivity index (χ1) is 10.3. The van der Waals surface area contributed by atoms with Crippen molar-refractivity contribution in [1.29, 1.82) is 0 Å². The van der Waals surface area contributed by atoms with Crippen LogP contribution in [0.25, 0.3) is 10.8 Å². The molecule has 0 spiro atoms. The van der Waals surface area contributed by atoms with Gasteiger partial charge in [-0.15, -0.1) is 0 Å². The average Bonchev–Trinajstić information content (AvgIpc) is 3.31. The van der Waals surface area contributed by atoms with Gasteiger partial charge in [0.15, 0.2) is 0 Å². The van der Waals surface area contributed by atoms with Crippen molar-refractivity contribution in [2.75, 3.05) is 0 Å². The number of rotatable bonds is 3. The maximum atomic E-state index is 4.69. The topological polar surface area (TPSA) is 25.8 Å². The minimum absolute atomic E-state index is 0.568. The van der Waals surface area contributed by atoms with Gasteiger partial charge in [-0.3, -0.25) is 0 Å². The van der Waals surface area contributed by atoms with Crippen LogP contribution in [0.4, 0.5) is 0 Å². The Morgan fingerprint density at radius 3 is 2.57 bits per heavy atom. The van der Waals surface area contributed by atoms with Gasteiger partial charge in [-0.2, -0.15) is 0 Å². The fourth-order valence-electron chi connectivity index (χ4n) is 2.34. The zero-order valence-electron chi connectivity index (χ0n) is 11.3. The Hall–Kier alpha value is -1.39. The van der Waals surface area contributed by atoms with E-state index in [-0.39, 0.29) is 0 Å². The number of halogens is 1. The van der Waals surface area contributed by atoms with Gasteiger partial charge < -0.3 is 0 Å². The molecular formula is C17H13BrN2S. The molecule has 1 aromatic heterocycles. The molecule has 104 valence electrons. The van der Waals surface area contributed by atoms with Gasteiger partial charge in [0, 0.05) is 16.9 Å². The molecule has 1 aliphatic rings. The number of nitrogens with zero attached hydrogens (tertiary/aromatic N) is 2. The van der Waals surface area contributed by atoms with Crippen molar-refractivity contribution >= 4 is 38.5 Å². The summed E-state index contributed by atoms with van der Waals surface area (Å²) >= 11 is 5.19. The third-order valence-corrected chi connectivity index (χ3v) is 4.89. The smallest absolute Gasteiger partial charge is 0.134 e. The fourth-order valence-corrected chi connectivity index (χ4v) is 3.77. The third-order valence-electron chi connectivity index (χ3n) is 3.57. The Morgan fingerprint density at radius 2 is 1.76 bits per heavy atom. The largest absolute Gasteiger partial charge is 0.226 e. The first-order valence-electron chi connectivity index (χ1n) is 6.99. The molecule has 0 aliphatic heterocycles. The summed E-state index contributed by atoms with van der Waals surface area (Å²) in [6.07, 6.45) is 2.44. The molecule has 0 N–H and O–H groups in total.